The maximum Gasteiger partial charge on any atom is 0.459 e. The van der Waals surface area contributed by atoms with Crippen LogP contribution < -0.4 is 32.3 Å². The van der Waals surface area contributed by atoms with E-state index in [0.717, 1.165) is 35.2 Å². The minimum atomic E-state index is -4.30. The van der Waals surface area contributed by atoms with E-state index >= 15 is 8.78 Å². The van der Waals surface area contributed by atoms with Crippen LogP contribution in [0, 0.1) is 11.8 Å². The van der Waals surface area contributed by atoms with Crippen molar-refractivity contribution in [2.75, 3.05) is 18.9 Å². The van der Waals surface area contributed by atoms with Crippen LogP contribution in [0.3, 0.4) is 0 Å². The molecule has 2 fully saturated rings. The number of aliphatic hydroxyl groups is 1. The van der Waals surface area contributed by atoms with E-state index in [1.54, 1.807) is 59.7 Å². The minimum Gasteiger partial charge on any atom is -0.463 e. The second-order valence-electron chi connectivity index (χ2n) is 16.2. The number of nitrogens with zero attached hydrogens (tertiary/aromatic N) is 3. The highest BCUT2D eigenvalue weighted by Crippen LogP contribution is 2.48. The number of aromatic nitrogens is 4. The number of benzene rings is 1. The normalized spacial score (nSPS) is 26.7. The SMILES string of the molecule is CC(C)C(=O)OC[C@H]1O[C@@H](n2ccc(N)nc2=O)[C@](C)(F)[C@@H]1OC(=O)C(C)C.CC(C)OC(=O)[C@H](C)N[P@](=O)(OC[C@H]1O[C@@H](n2ccc(=O)[nH]c2=O)[C@](C)(F)[C@@H]1O)Oc1ccccc1. The fourth-order valence-electron chi connectivity index (χ4n) is 6.19. The molecule has 0 saturated carbocycles. The molecule has 1 aromatic carbocycles. The number of hydrogen-bond acceptors (Lipinski definition) is 17. The molecule has 21 nitrogen and oxygen atoms in total. The number of hydrogen-bond donors (Lipinski definition) is 4. The van der Waals surface area contributed by atoms with E-state index in [1.807, 2.05) is 4.98 Å². The summed E-state index contributed by atoms with van der Waals surface area (Å²) in [5.41, 5.74) is -1.75. The second-order valence-corrected chi connectivity index (χ2v) is 17.9. The molecule has 2 saturated heterocycles. The van der Waals surface area contributed by atoms with Crippen LogP contribution in [-0.2, 0) is 47.2 Å². The van der Waals surface area contributed by atoms with Crippen LogP contribution in [0.4, 0.5) is 14.6 Å². The Labute approximate surface area is 366 Å². The zero-order chi connectivity index (χ0) is 47.9. The Hall–Kier alpha value is -5.32. The molecule has 24 heteroatoms. The van der Waals surface area contributed by atoms with Gasteiger partial charge in [0.05, 0.1) is 24.5 Å². The van der Waals surface area contributed by atoms with Gasteiger partial charge in [0, 0.05) is 18.5 Å². The molecule has 2 aromatic heterocycles. The number of alkyl halides is 2. The Bertz CT molecular complexity index is 2320. The number of nitrogen functional groups attached to an aromatic ring is 1. The lowest BCUT2D eigenvalue weighted by Gasteiger charge is -2.28. The van der Waals surface area contributed by atoms with Crippen LogP contribution >= 0.6 is 7.75 Å². The van der Waals surface area contributed by atoms with Gasteiger partial charge in [-0.25, -0.2) is 22.9 Å². The summed E-state index contributed by atoms with van der Waals surface area (Å²) in [6.07, 6.45) is -6.90. The Balaban J connectivity index is 0.000000290. The van der Waals surface area contributed by atoms with Crippen molar-refractivity contribution in [2.45, 2.75) is 123 Å². The number of aliphatic hydroxyl groups excluding tert-OH is 1. The first kappa shape index (κ1) is 51.3. The number of carbonyl (C=O) groups is 3. The van der Waals surface area contributed by atoms with Crippen LogP contribution in [0.15, 0.2) is 69.2 Å². The van der Waals surface area contributed by atoms with Crippen molar-refractivity contribution in [1.29, 1.82) is 0 Å². The van der Waals surface area contributed by atoms with Crippen LogP contribution in [0.1, 0.15) is 74.8 Å². The van der Waals surface area contributed by atoms with Gasteiger partial charge in [-0.3, -0.25) is 37.8 Å². The maximum absolute atomic E-state index is 15.7. The molecule has 10 atom stereocenters. The molecule has 0 radical (unpaired) electrons. The fraction of sp³-hybridized carbons (Fsp3) is 0.575. The highest BCUT2D eigenvalue weighted by atomic mass is 31.2. The standard InChI is InChI=1S/C22H29FN3O9P.C18H26FN3O6/c1-13(2)33-19(29)14(3)25-36(31,35-15-8-6-5-7-9-15)32-12-16-18(28)22(4,23)20(34-16)26-11-10-17(27)24-21(26)30;1-9(2)14(23)26-8-11-13(28-15(24)10(3)4)18(5,19)16(27-11)22-7-6-12(20)21-17(22)25/h5-11,13-14,16,18,20,28H,12H2,1-4H3,(H,25,31)(H,24,27,30);6-7,9-11,13,16H,8H2,1-5H3,(H2,20,21,25)/t14-,16+,18+,20+,22+,36-;11-,13-,16-,18-/m01/s1. The molecule has 64 heavy (non-hydrogen) atoms. The number of rotatable bonds is 16. The smallest absolute Gasteiger partial charge is 0.459 e. The van der Waals surface area contributed by atoms with Gasteiger partial charge in [0.2, 0.25) is 0 Å². The van der Waals surface area contributed by atoms with Gasteiger partial charge in [-0.1, -0.05) is 45.9 Å². The van der Waals surface area contributed by atoms with Gasteiger partial charge in [0.25, 0.3) is 5.56 Å². The van der Waals surface area contributed by atoms with E-state index in [-0.39, 0.29) is 18.2 Å². The van der Waals surface area contributed by atoms with E-state index in [2.05, 4.69) is 10.1 Å². The first-order chi connectivity index (χ1) is 29.8. The topological polar surface area (TPSA) is 281 Å². The zero-order valence-electron chi connectivity index (χ0n) is 36.7. The highest BCUT2D eigenvalue weighted by molar-refractivity contribution is 7.52. The van der Waals surface area contributed by atoms with Crippen molar-refractivity contribution < 1.29 is 65.6 Å². The first-order valence-corrected chi connectivity index (χ1v) is 21.7. The summed E-state index contributed by atoms with van der Waals surface area (Å²) in [4.78, 5) is 77.3. The van der Waals surface area contributed by atoms with Gasteiger partial charge in [-0.15, -0.1) is 0 Å². The lowest BCUT2D eigenvalue weighted by Crippen LogP contribution is -2.46. The molecule has 3 aromatic rings. The minimum absolute atomic E-state index is 0.0231. The molecule has 0 aliphatic carbocycles. The fourth-order valence-corrected chi connectivity index (χ4v) is 7.70. The Morgan fingerprint density at radius 2 is 1.47 bits per heavy atom. The van der Waals surface area contributed by atoms with Gasteiger partial charge >= 0.3 is 37.0 Å². The number of carbonyl (C=O) groups excluding carboxylic acids is 3. The highest BCUT2D eigenvalue weighted by Gasteiger charge is 2.59. The summed E-state index contributed by atoms with van der Waals surface area (Å²) in [6, 6.07) is 9.18. The molecule has 4 heterocycles. The van der Waals surface area contributed by atoms with E-state index < -0.39 is 121 Å². The summed E-state index contributed by atoms with van der Waals surface area (Å²) in [5.74, 6) is -2.63. The third-order valence-electron chi connectivity index (χ3n) is 9.62. The molecule has 5 rings (SSSR count). The number of esters is 3. The Morgan fingerprint density at radius 1 is 0.875 bits per heavy atom. The maximum atomic E-state index is 15.7. The number of nitrogens with one attached hydrogen (secondary N) is 2. The van der Waals surface area contributed by atoms with Crippen molar-refractivity contribution in [1.82, 2.24) is 24.2 Å². The van der Waals surface area contributed by atoms with Crippen LogP contribution in [0.25, 0.3) is 0 Å². The molecule has 2 aliphatic rings. The van der Waals surface area contributed by atoms with Crippen LogP contribution in [0.2, 0.25) is 0 Å². The van der Waals surface area contributed by atoms with Gasteiger partial charge in [-0.05, 0) is 52.8 Å². The molecule has 354 valence electrons. The number of nitrogens with two attached hydrogens (primary N) is 1. The lowest BCUT2D eigenvalue weighted by atomic mass is 9.98. The van der Waals surface area contributed by atoms with Crippen LogP contribution in [-0.4, -0.2) is 103 Å². The van der Waals surface area contributed by atoms with Gasteiger partial charge in [-0.2, -0.15) is 10.1 Å². The van der Waals surface area contributed by atoms with Gasteiger partial charge in [0.1, 0.15) is 42.5 Å². The van der Waals surface area contributed by atoms with Crippen molar-refractivity contribution in [2.24, 2.45) is 11.8 Å². The average molecular weight is 929 g/mol. The predicted molar refractivity (Wildman–Crippen MR) is 222 cm³/mol. The third-order valence-corrected chi connectivity index (χ3v) is 11.3. The summed E-state index contributed by atoms with van der Waals surface area (Å²) >= 11 is 0. The molecule has 5 N–H and O–H groups in total. The van der Waals surface area contributed by atoms with Crippen molar-refractivity contribution in [3.8, 4) is 5.75 Å². The molecule has 0 unspecified atom stereocenters. The number of halogens is 2. The number of para-hydroxylation sites is 1. The van der Waals surface area contributed by atoms with E-state index in [1.165, 1.54) is 31.3 Å². The molecule has 2 aliphatic heterocycles. The van der Waals surface area contributed by atoms with Gasteiger partial charge in [0.15, 0.2) is 29.9 Å². The Kier molecular flexibility index (Phi) is 16.9. The summed E-state index contributed by atoms with van der Waals surface area (Å²) in [7, 11) is -4.30. The lowest BCUT2D eigenvalue weighted by molar-refractivity contribution is -0.165. The summed E-state index contributed by atoms with van der Waals surface area (Å²) < 4.78 is 84.1. The quantitative estimate of drug-likeness (QED) is 0.0913. The zero-order valence-corrected chi connectivity index (χ0v) is 37.6. The molecular weight excluding hydrogens is 873 g/mol. The average Bonchev–Trinajstić information content (AvgIpc) is 3.58. The molecule has 0 amide bonds. The van der Waals surface area contributed by atoms with Crippen molar-refractivity contribution in [3.63, 3.8) is 0 Å². The van der Waals surface area contributed by atoms with E-state index in [4.69, 9.17) is 38.5 Å². The number of H-pyrrole nitrogens is 1. The van der Waals surface area contributed by atoms with E-state index in [9.17, 15) is 38.4 Å². The monoisotopic (exact) mass is 928 g/mol. The second kappa shape index (κ2) is 21.1. The van der Waals surface area contributed by atoms with E-state index in [0.29, 0.717) is 0 Å². The van der Waals surface area contributed by atoms with Crippen molar-refractivity contribution in [3.05, 3.63) is 86.2 Å². The number of ether oxygens (including phenoxy) is 5. The Morgan fingerprint density at radius 3 is 2.05 bits per heavy atom. The molecule has 0 spiro atoms. The molecule has 0 bridgehead atoms. The van der Waals surface area contributed by atoms with Crippen LogP contribution in [0.5, 0.6) is 5.75 Å². The number of aromatic amines is 1. The number of anilines is 1. The van der Waals surface area contributed by atoms with Gasteiger partial charge < -0.3 is 39.0 Å². The third kappa shape index (κ3) is 12.7. The predicted octanol–water partition coefficient (Wildman–Crippen LogP) is 2.87. The molecular formula is C40H55F2N6O15P. The first-order valence-electron chi connectivity index (χ1n) is 20.1. The van der Waals surface area contributed by atoms with Crippen molar-refractivity contribution >= 4 is 31.5 Å². The summed E-state index contributed by atoms with van der Waals surface area (Å²) in [5, 5.41) is 13.0. The largest absolute Gasteiger partial charge is 0.463 e. The summed E-state index contributed by atoms with van der Waals surface area (Å²) in [6.45, 7) is 12.4.